The van der Waals surface area contributed by atoms with Gasteiger partial charge in [-0.1, -0.05) is 30.9 Å². The van der Waals surface area contributed by atoms with Crippen LogP contribution in [0.15, 0.2) is 42.7 Å². The van der Waals surface area contributed by atoms with Crippen molar-refractivity contribution < 1.29 is 9.53 Å². The number of hydrogen-bond donors (Lipinski definition) is 0. The Balaban J connectivity index is 3.41. The second-order valence-corrected chi connectivity index (χ2v) is 2.31. The van der Waals surface area contributed by atoms with Crippen molar-refractivity contribution in [3.05, 3.63) is 42.7 Å². The Morgan fingerprint density at radius 1 is 1.46 bits per heavy atom. The lowest BCUT2D eigenvalue weighted by molar-refractivity contribution is -0.140. The van der Waals surface area contributed by atoms with Gasteiger partial charge < -0.3 is 4.74 Å². The summed E-state index contributed by atoms with van der Waals surface area (Å²) in [6.45, 7) is 5.26. The molecule has 0 bridgehead atoms. The van der Waals surface area contributed by atoms with Gasteiger partial charge in [0.05, 0.1) is 6.61 Å². The minimum atomic E-state index is -0.237. The quantitative estimate of drug-likeness (QED) is 0.279. The average molecular weight is 178 g/mol. The Labute approximate surface area is 78.9 Å². The topological polar surface area (TPSA) is 26.3 Å². The van der Waals surface area contributed by atoms with Crippen LogP contribution in [-0.4, -0.2) is 12.6 Å². The van der Waals surface area contributed by atoms with Crippen molar-refractivity contribution in [1.82, 2.24) is 0 Å². The highest BCUT2D eigenvalue weighted by molar-refractivity contribution is 5.65. The maximum atomic E-state index is 10.3. The van der Waals surface area contributed by atoms with Gasteiger partial charge in [-0.3, -0.25) is 4.79 Å². The predicted octanol–water partition coefficient (Wildman–Crippen LogP) is 2.39. The van der Waals surface area contributed by atoms with Crippen LogP contribution >= 0.6 is 0 Å². The number of esters is 1. The molecule has 0 spiro atoms. The summed E-state index contributed by atoms with van der Waals surface area (Å²) in [5.41, 5.74) is 2.62. The van der Waals surface area contributed by atoms with E-state index in [0.717, 1.165) is 6.42 Å². The fourth-order valence-electron chi connectivity index (χ4n) is 0.633. The van der Waals surface area contributed by atoms with Gasteiger partial charge in [-0.25, -0.2) is 0 Å². The van der Waals surface area contributed by atoms with Gasteiger partial charge in [0.25, 0.3) is 0 Å². The van der Waals surface area contributed by atoms with Gasteiger partial charge in [0, 0.05) is 6.92 Å². The molecule has 0 radical (unpaired) electrons. The van der Waals surface area contributed by atoms with Gasteiger partial charge in [0.1, 0.15) is 0 Å². The van der Waals surface area contributed by atoms with Crippen molar-refractivity contribution in [2.45, 2.75) is 13.3 Å². The first-order chi connectivity index (χ1) is 6.27. The molecular formula is C11H14O2. The summed E-state index contributed by atoms with van der Waals surface area (Å²) in [7, 11) is 0. The molecule has 0 aromatic rings. The molecule has 0 aromatic carbocycles. The van der Waals surface area contributed by atoms with Gasteiger partial charge in [-0.05, 0) is 12.5 Å². The first-order valence-electron chi connectivity index (χ1n) is 4.08. The van der Waals surface area contributed by atoms with Crippen molar-refractivity contribution >= 4 is 5.97 Å². The fraction of sp³-hybridized carbons (Fsp3) is 0.273. The van der Waals surface area contributed by atoms with Crippen LogP contribution in [0.3, 0.4) is 0 Å². The molecule has 0 aliphatic heterocycles. The van der Waals surface area contributed by atoms with Gasteiger partial charge in [0.2, 0.25) is 0 Å². The lowest BCUT2D eigenvalue weighted by Crippen LogP contribution is -1.98. The molecule has 0 aliphatic carbocycles. The zero-order valence-electron chi connectivity index (χ0n) is 7.82. The van der Waals surface area contributed by atoms with Crippen molar-refractivity contribution in [2.24, 2.45) is 0 Å². The maximum absolute atomic E-state index is 10.3. The first-order valence-corrected chi connectivity index (χ1v) is 4.08. The minimum absolute atomic E-state index is 0.237. The number of hydrogen-bond acceptors (Lipinski definition) is 2. The van der Waals surface area contributed by atoms with E-state index in [4.69, 9.17) is 4.74 Å². The third-order valence-corrected chi connectivity index (χ3v) is 1.16. The Kier molecular flexibility index (Phi) is 7.56. The Morgan fingerprint density at radius 2 is 2.23 bits per heavy atom. The van der Waals surface area contributed by atoms with E-state index >= 15 is 0 Å². The minimum Gasteiger partial charge on any atom is -0.466 e. The van der Waals surface area contributed by atoms with E-state index in [9.17, 15) is 4.79 Å². The first kappa shape index (κ1) is 11.5. The summed E-state index contributed by atoms with van der Waals surface area (Å²) < 4.78 is 4.73. The molecule has 0 amide bonds. The third-order valence-electron chi connectivity index (χ3n) is 1.16. The lowest BCUT2D eigenvalue weighted by atomic mass is 10.3. The average Bonchev–Trinajstić information content (AvgIpc) is 2.09. The van der Waals surface area contributed by atoms with Crippen molar-refractivity contribution in [3.8, 4) is 0 Å². The summed E-state index contributed by atoms with van der Waals surface area (Å²) in [5.74, 6) is -0.237. The van der Waals surface area contributed by atoms with E-state index < -0.39 is 0 Å². The number of carbonyl (C=O) groups excluding carboxylic acids is 1. The van der Waals surface area contributed by atoms with Crippen LogP contribution in [0.4, 0.5) is 0 Å². The monoisotopic (exact) mass is 178 g/mol. The van der Waals surface area contributed by atoms with E-state index in [0.29, 0.717) is 6.61 Å². The number of allylic oxidation sites excluding steroid dienone is 4. The molecule has 0 atom stereocenters. The van der Waals surface area contributed by atoms with Crippen LogP contribution in [0, 0.1) is 0 Å². The molecule has 13 heavy (non-hydrogen) atoms. The highest BCUT2D eigenvalue weighted by atomic mass is 16.5. The third kappa shape index (κ3) is 10.5. The molecule has 0 aliphatic rings. The number of carbonyl (C=O) groups is 1. The summed E-state index contributed by atoms with van der Waals surface area (Å²) in [4.78, 5) is 10.3. The molecule has 2 heteroatoms. The van der Waals surface area contributed by atoms with Crippen LogP contribution in [0.2, 0.25) is 0 Å². The highest BCUT2D eigenvalue weighted by Gasteiger charge is 1.87. The zero-order valence-corrected chi connectivity index (χ0v) is 7.82. The molecule has 0 saturated heterocycles. The summed E-state index contributed by atoms with van der Waals surface area (Å²) >= 11 is 0. The van der Waals surface area contributed by atoms with E-state index in [1.807, 2.05) is 24.3 Å². The molecule has 0 saturated carbocycles. The second-order valence-electron chi connectivity index (χ2n) is 2.31. The van der Waals surface area contributed by atoms with E-state index in [-0.39, 0.29) is 5.97 Å². The van der Waals surface area contributed by atoms with E-state index in [2.05, 4.69) is 12.3 Å². The van der Waals surface area contributed by atoms with Gasteiger partial charge >= 0.3 is 5.97 Å². The molecule has 2 nitrogen and oxygen atoms in total. The molecule has 0 rings (SSSR count). The summed E-state index contributed by atoms with van der Waals surface area (Å²) in [5, 5.41) is 0. The van der Waals surface area contributed by atoms with Crippen molar-refractivity contribution in [1.29, 1.82) is 0 Å². The number of ether oxygens (including phenoxy) is 1. The fourth-order valence-corrected chi connectivity index (χ4v) is 0.633. The predicted molar refractivity (Wildman–Crippen MR) is 53.2 cm³/mol. The molecule has 0 heterocycles. The Bertz CT molecular complexity index is 243. The smallest absolute Gasteiger partial charge is 0.302 e. The molecule has 0 fully saturated rings. The SMILES string of the molecule is C=C=C/C=C/C=C/CCOC(C)=O. The number of rotatable bonds is 5. The van der Waals surface area contributed by atoms with Crippen LogP contribution in [0.1, 0.15) is 13.3 Å². The molecule has 0 N–H and O–H groups in total. The van der Waals surface area contributed by atoms with Crippen LogP contribution in [-0.2, 0) is 9.53 Å². The Morgan fingerprint density at radius 3 is 2.85 bits per heavy atom. The standard InChI is InChI=1S/C11H14O2/c1-3-4-5-6-7-8-9-10-13-11(2)12/h4-8H,1,9-10H2,2H3/b6-5+,8-7+. The molecular weight excluding hydrogens is 164 g/mol. The maximum Gasteiger partial charge on any atom is 0.302 e. The van der Waals surface area contributed by atoms with E-state index in [1.165, 1.54) is 6.92 Å². The highest BCUT2D eigenvalue weighted by Crippen LogP contribution is 1.87. The summed E-state index contributed by atoms with van der Waals surface area (Å²) in [6.07, 6.45) is 9.97. The van der Waals surface area contributed by atoms with Crippen LogP contribution in [0.25, 0.3) is 0 Å². The normalized spacial score (nSPS) is 10.2. The van der Waals surface area contributed by atoms with E-state index in [1.54, 1.807) is 6.08 Å². The van der Waals surface area contributed by atoms with Gasteiger partial charge in [-0.2, -0.15) is 0 Å². The summed E-state index contributed by atoms with van der Waals surface area (Å²) in [6, 6.07) is 0. The van der Waals surface area contributed by atoms with Crippen LogP contribution in [0.5, 0.6) is 0 Å². The Hall–Kier alpha value is -1.53. The largest absolute Gasteiger partial charge is 0.466 e. The van der Waals surface area contributed by atoms with Crippen molar-refractivity contribution in [3.63, 3.8) is 0 Å². The van der Waals surface area contributed by atoms with Gasteiger partial charge in [0.15, 0.2) is 0 Å². The van der Waals surface area contributed by atoms with Crippen molar-refractivity contribution in [2.75, 3.05) is 6.61 Å². The van der Waals surface area contributed by atoms with Crippen LogP contribution < -0.4 is 0 Å². The lowest BCUT2D eigenvalue weighted by Gasteiger charge is -1.95. The second kappa shape index (κ2) is 8.57. The molecule has 0 aromatic heterocycles. The molecule has 70 valence electrons. The van der Waals surface area contributed by atoms with Gasteiger partial charge in [-0.15, -0.1) is 5.73 Å². The zero-order chi connectivity index (χ0) is 9.94. The molecule has 0 unspecified atom stereocenters.